The summed E-state index contributed by atoms with van der Waals surface area (Å²) in [7, 11) is 3.28. The molecule has 0 radical (unpaired) electrons. The van der Waals surface area contributed by atoms with Crippen molar-refractivity contribution in [3.63, 3.8) is 0 Å². The number of aliphatic hydroxyl groups is 1. The summed E-state index contributed by atoms with van der Waals surface area (Å²) in [5.74, 6) is -1.84. The zero-order chi connectivity index (χ0) is 18.6. The third-order valence-electron chi connectivity index (χ3n) is 4.76. The van der Waals surface area contributed by atoms with Gasteiger partial charge in [0, 0.05) is 12.6 Å². The van der Waals surface area contributed by atoms with Crippen molar-refractivity contribution >= 4 is 11.9 Å². The number of hydrogen-bond acceptors (Lipinski definition) is 6. The van der Waals surface area contributed by atoms with Crippen molar-refractivity contribution in [2.45, 2.75) is 18.4 Å². The summed E-state index contributed by atoms with van der Waals surface area (Å²) in [6, 6.07) is 5.71. The number of piperidine rings is 3. The van der Waals surface area contributed by atoms with Crippen LogP contribution in [-0.2, 0) is 15.2 Å². The highest BCUT2D eigenvalue weighted by Gasteiger charge is 2.46. The van der Waals surface area contributed by atoms with Gasteiger partial charge in [0.1, 0.15) is 17.1 Å². The Balaban J connectivity index is 0.000000326. The fourth-order valence-electron chi connectivity index (χ4n) is 3.42. The first kappa shape index (κ1) is 19.0. The number of carbonyl (C=O) groups is 2. The number of rotatable bonds is 3. The van der Waals surface area contributed by atoms with Gasteiger partial charge < -0.3 is 29.7 Å². The van der Waals surface area contributed by atoms with Gasteiger partial charge >= 0.3 is 11.9 Å². The maximum Gasteiger partial charge on any atom is 0.414 e. The molecule has 0 aliphatic carbocycles. The van der Waals surface area contributed by atoms with E-state index in [4.69, 9.17) is 29.3 Å². The van der Waals surface area contributed by atoms with Crippen LogP contribution >= 0.6 is 0 Å². The van der Waals surface area contributed by atoms with Crippen LogP contribution in [0.4, 0.5) is 0 Å². The first-order valence-electron chi connectivity index (χ1n) is 7.94. The molecule has 3 saturated heterocycles. The molecule has 3 fully saturated rings. The Morgan fingerprint density at radius 2 is 1.52 bits per heavy atom. The number of fused-ring (bicyclic) bond motifs is 3. The minimum atomic E-state index is -1.82. The Bertz CT molecular complexity index is 606. The molecule has 0 spiro atoms. The molecule has 0 saturated carbocycles. The van der Waals surface area contributed by atoms with E-state index in [1.54, 1.807) is 14.2 Å². The van der Waals surface area contributed by atoms with E-state index in [1.165, 1.54) is 0 Å². The molecule has 1 unspecified atom stereocenters. The zero-order valence-corrected chi connectivity index (χ0v) is 14.3. The van der Waals surface area contributed by atoms with Crippen LogP contribution in [0, 0.1) is 5.92 Å². The molecule has 3 aliphatic rings. The molecule has 4 rings (SSSR count). The van der Waals surface area contributed by atoms with E-state index in [0.717, 1.165) is 43.0 Å². The van der Waals surface area contributed by atoms with Crippen molar-refractivity contribution in [1.29, 1.82) is 0 Å². The van der Waals surface area contributed by atoms with Crippen LogP contribution in [0.5, 0.6) is 11.5 Å². The zero-order valence-electron chi connectivity index (χ0n) is 14.3. The molecule has 1 atom stereocenters. The van der Waals surface area contributed by atoms with E-state index < -0.39 is 17.5 Å². The maximum atomic E-state index is 11.1. The molecule has 25 heavy (non-hydrogen) atoms. The molecule has 8 heteroatoms. The summed E-state index contributed by atoms with van der Waals surface area (Å²) in [6.07, 6.45) is 2.13. The number of benzene rings is 1. The van der Waals surface area contributed by atoms with Crippen LogP contribution in [-0.4, -0.2) is 66.0 Å². The highest BCUT2D eigenvalue weighted by molar-refractivity contribution is 6.27. The maximum absolute atomic E-state index is 11.1. The summed E-state index contributed by atoms with van der Waals surface area (Å²) in [6.45, 7) is 2.93. The lowest BCUT2D eigenvalue weighted by Gasteiger charge is -2.50. The third kappa shape index (κ3) is 4.21. The monoisotopic (exact) mass is 353 g/mol. The van der Waals surface area contributed by atoms with Gasteiger partial charge in [0.25, 0.3) is 0 Å². The molecule has 138 valence electrons. The molecule has 8 nitrogen and oxygen atoms in total. The number of carboxylic acids is 2. The molecule has 0 aromatic heterocycles. The van der Waals surface area contributed by atoms with Crippen LogP contribution in [0.25, 0.3) is 0 Å². The van der Waals surface area contributed by atoms with Gasteiger partial charge in [-0.25, -0.2) is 9.59 Å². The second-order valence-corrected chi connectivity index (χ2v) is 6.19. The van der Waals surface area contributed by atoms with E-state index in [0.29, 0.717) is 12.5 Å². The molecule has 1 aromatic carbocycles. The first-order valence-corrected chi connectivity index (χ1v) is 7.94. The Morgan fingerprint density at radius 3 is 1.84 bits per heavy atom. The smallest absolute Gasteiger partial charge is 0.414 e. The van der Waals surface area contributed by atoms with Crippen LogP contribution in [0.15, 0.2) is 18.2 Å². The predicted octanol–water partition coefficient (Wildman–Crippen LogP) is 0.773. The fraction of sp³-hybridized carbons (Fsp3) is 0.529. The van der Waals surface area contributed by atoms with Gasteiger partial charge in [0.05, 0.1) is 14.2 Å². The second-order valence-electron chi connectivity index (χ2n) is 6.19. The van der Waals surface area contributed by atoms with E-state index in [9.17, 15) is 5.11 Å². The first-order chi connectivity index (χ1) is 11.8. The minimum absolute atomic E-state index is 0.342. The topological polar surface area (TPSA) is 117 Å². The highest BCUT2D eigenvalue weighted by atomic mass is 16.5. The lowest BCUT2D eigenvalue weighted by atomic mass is 9.71. The molecule has 3 aliphatic heterocycles. The lowest BCUT2D eigenvalue weighted by Crippen LogP contribution is -2.57. The Labute approximate surface area is 145 Å². The fourth-order valence-corrected chi connectivity index (χ4v) is 3.42. The largest absolute Gasteiger partial charge is 0.497 e. The van der Waals surface area contributed by atoms with Crippen molar-refractivity contribution in [1.82, 2.24) is 4.90 Å². The summed E-state index contributed by atoms with van der Waals surface area (Å²) >= 11 is 0. The van der Waals surface area contributed by atoms with Crippen molar-refractivity contribution < 1.29 is 34.4 Å². The summed E-state index contributed by atoms with van der Waals surface area (Å²) in [4.78, 5) is 20.5. The van der Waals surface area contributed by atoms with Crippen LogP contribution < -0.4 is 9.47 Å². The van der Waals surface area contributed by atoms with E-state index >= 15 is 0 Å². The minimum Gasteiger partial charge on any atom is -0.497 e. The number of aliphatic carboxylic acids is 2. The molecule has 2 bridgehead atoms. The van der Waals surface area contributed by atoms with Gasteiger partial charge in [-0.1, -0.05) is 0 Å². The normalized spacial score (nSPS) is 27.0. The average molecular weight is 353 g/mol. The van der Waals surface area contributed by atoms with E-state index in [-0.39, 0.29) is 0 Å². The number of nitrogens with zero attached hydrogens (tertiary/aromatic N) is 1. The molecular formula is C17H23NO7. The van der Waals surface area contributed by atoms with Crippen molar-refractivity contribution in [3.8, 4) is 11.5 Å². The SMILES string of the molecule is COc1cc(OC)cc(C2(O)CN3CCC2CC3)c1.O=C(O)C(=O)O. The number of hydrogen-bond donors (Lipinski definition) is 3. The van der Waals surface area contributed by atoms with Crippen molar-refractivity contribution in [2.75, 3.05) is 33.9 Å². The Morgan fingerprint density at radius 1 is 1.04 bits per heavy atom. The molecule has 3 heterocycles. The lowest BCUT2D eigenvalue weighted by molar-refractivity contribution is -0.159. The van der Waals surface area contributed by atoms with Gasteiger partial charge in [-0.2, -0.15) is 0 Å². The molecule has 1 aromatic rings. The van der Waals surface area contributed by atoms with Gasteiger partial charge in [0.15, 0.2) is 0 Å². The average Bonchev–Trinajstić information content (AvgIpc) is 2.62. The predicted molar refractivity (Wildman–Crippen MR) is 87.9 cm³/mol. The second kappa shape index (κ2) is 7.71. The van der Waals surface area contributed by atoms with Crippen LogP contribution in [0.2, 0.25) is 0 Å². The highest BCUT2D eigenvalue weighted by Crippen LogP contribution is 2.44. The quantitative estimate of drug-likeness (QED) is 0.683. The number of carboxylic acid groups (broad SMARTS) is 2. The third-order valence-corrected chi connectivity index (χ3v) is 4.76. The standard InChI is InChI=1S/C15H21NO3.C2H2O4/c1-18-13-7-12(8-14(9-13)19-2)15(17)10-16-5-3-11(15)4-6-16;3-1(4)2(5)6/h7-9,11,17H,3-6,10H2,1-2H3;(H,3,4)(H,5,6). The Hall–Kier alpha value is -2.32. The Kier molecular flexibility index (Phi) is 5.86. The van der Waals surface area contributed by atoms with E-state index in [1.807, 2.05) is 18.2 Å². The van der Waals surface area contributed by atoms with Crippen molar-refractivity contribution in [2.24, 2.45) is 5.92 Å². The van der Waals surface area contributed by atoms with Gasteiger partial charge in [-0.05, 0) is 49.5 Å². The van der Waals surface area contributed by atoms with Crippen LogP contribution in [0.3, 0.4) is 0 Å². The molecule has 0 amide bonds. The van der Waals surface area contributed by atoms with E-state index in [2.05, 4.69) is 4.90 Å². The van der Waals surface area contributed by atoms with Gasteiger partial charge in [0.2, 0.25) is 0 Å². The number of methoxy groups -OCH3 is 2. The summed E-state index contributed by atoms with van der Waals surface area (Å²) < 4.78 is 10.6. The van der Waals surface area contributed by atoms with Gasteiger partial charge in [-0.15, -0.1) is 0 Å². The number of ether oxygens (including phenoxy) is 2. The summed E-state index contributed by atoms with van der Waals surface area (Å²) in [5.41, 5.74) is 0.149. The van der Waals surface area contributed by atoms with Crippen molar-refractivity contribution in [3.05, 3.63) is 23.8 Å². The van der Waals surface area contributed by atoms with Crippen LogP contribution in [0.1, 0.15) is 18.4 Å². The summed E-state index contributed by atoms with van der Waals surface area (Å²) in [5, 5.41) is 25.9. The van der Waals surface area contributed by atoms with Gasteiger partial charge in [-0.3, -0.25) is 0 Å². The molecule has 3 N–H and O–H groups in total. The molecular weight excluding hydrogens is 330 g/mol.